The van der Waals surface area contributed by atoms with Crippen LogP contribution in [-0.4, -0.2) is 81.9 Å². The molecule has 8 aliphatic heterocycles. The lowest BCUT2D eigenvalue weighted by Gasteiger charge is -2.49. The molecule has 0 amide bonds. The summed E-state index contributed by atoms with van der Waals surface area (Å²) in [5.41, 5.74) is 10.1. The van der Waals surface area contributed by atoms with E-state index in [-0.39, 0.29) is 22.8 Å². The fraction of sp³-hybridized carbons (Fsp3) is 0.500. The number of nitrogens with one attached hydrogen (secondary N) is 1. The third kappa shape index (κ3) is 6.31. The first-order chi connectivity index (χ1) is 22.7. The Labute approximate surface area is 283 Å². The predicted molar refractivity (Wildman–Crippen MR) is 181 cm³/mol. The monoisotopic (exact) mass is 700 g/mol. The second-order valence-corrected chi connectivity index (χ2v) is 15.8. The summed E-state index contributed by atoms with van der Waals surface area (Å²) >= 11 is 8.31. The molecule has 15 heteroatoms. The number of nitrogens with two attached hydrogens (primary N) is 1. The van der Waals surface area contributed by atoms with Gasteiger partial charge in [-0.3, -0.25) is 15.2 Å². The Kier molecular flexibility index (Phi) is 8.29. The number of piperidine rings is 6. The van der Waals surface area contributed by atoms with Gasteiger partial charge in [-0.25, -0.2) is 23.7 Å². The fourth-order valence-corrected chi connectivity index (χ4v) is 9.83. The number of hydrogen-bond acceptors (Lipinski definition) is 11. The van der Waals surface area contributed by atoms with Gasteiger partial charge in [0.2, 0.25) is 5.13 Å². The molecule has 10 heterocycles. The number of thiazole rings is 2. The summed E-state index contributed by atoms with van der Waals surface area (Å²) in [5, 5.41) is 4.55. The molecule has 2 aromatic carbocycles. The molecule has 12 rings (SSSR count). The van der Waals surface area contributed by atoms with Gasteiger partial charge in [0, 0.05) is 25.4 Å². The molecule has 248 valence electrons. The zero-order chi connectivity index (χ0) is 32.2. The molecule has 47 heavy (non-hydrogen) atoms. The Balaban J connectivity index is 0.000000114. The standard InChI is InChI=1S/C16H17FN4OS.C9H15N3O.C7H3ClFNS/c17-11-1-2-12-13(7-11)23-15(18-12)19-14-8-16(22-20-14)9-21-5-3-10(16)4-6-21;10-8-5-9(13-11-8)6-12-3-1-7(9)2-4-12;8-7-10-5-2-1-4(9)3-6(5)11-7/h1-2,7,10H,3-6,8-9H2,(H,18,19,20);7H,1-6H2,(H2,10,11);1-3H. The minimum absolute atomic E-state index is 0.0411. The first-order valence-corrected chi connectivity index (χ1v) is 18.0. The molecule has 4 bridgehead atoms. The van der Waals surface area contributed by atoms with Crippen molar-refractivity contribution in [3.8, 4) is 0 Å². The fourth-order valence-electron chi connectivity index (χ4n) is 7.89. The molecule has 0 saturated carbocycles. The van der Waals surface area contributed by atoms with Gasteiger partial charge in [0.25, 0.3) is 0 Å². The van der Waals surface area contributed by atoms with Crippen LogP contribution in [0.25, 0.3) is 20.4 Å². The number of oxime groups is 1. The van der Waals surface area contributed by atoms with Crippen LogP contribution in [0.2, 0.25) is 4.47 Å². The minimum Gasteiger partial charge on any atom is -0.386 e. The molecule has 8 aliphatic rings. The molecule has 2 atom stereocenters. The van der Waals surface area contributed by atoms with Crippen molar-refractivity contribution in [3.63, 3.8) is 0 Å². The van der Waals surface area contributed by atoms with E-state index in [1.165, 1.54) is 98.8 Å². The van der Waals surface area contributed by atoms with E-state index in [9.17, 15) is 8.78 Å². The number of halogens is 3. The van der Waals surface area contributed by atoms with Crippen LogP contribution in [0.1, 0.15) is 38.5 Å². The first kappa shape index (κ1) is 31.3. The average Bonchev–Trinajstić information content (AvgIpc) is 3.84. The van der Waals surface area contributed by atoms with Gasteiger partial charge >= 0.3 is 0 Å². The summed E-state index contributed by atoms with van der Waals surface area (Å²) < 4.78 is 27.9. The minimum atomic E-state index is -0.252. The number of nitrogens with zero attached hydrogens (tertiary/aromatic N) is 6. The highest BCUT2D eigenvalue weighted by molar-refractivity contribution is 7.22. The van der Waals surface area contributed by atoms with Crippen molar-refractivity contribution < 1.29 is 18.5 Å². The molecule has 7 saturated heterocycles. The van der Waals surface area contributed by atoms with Crippen molar-refractivity contribution >= 4 is 71.5 Å². The molecule has 0 radical (unpaired) electrons. The van der Waals surface area contributed by atoms with Gasteiger partial charge in [0.15, 0.2) is 10.1 Å². The summed E-state index contributed by atoms with van der Waals surface area (Å²) in [6, 6.07) is 9.05. The summed E-state index contributed by atoms with van der Waals surface area (Å²) in [6.07, 6.45) is 6.56. The Morgan fingerprint density at radius 1 is 0.851 bits per heavy atom. The lowest BCUT2D eigenvalue weighted by atomic mass is 9.74. The van der Waals surface area contributed by atoms with Gasteiger partial charge < -0.3 is 15.5 Å². The highest BCUT2D eigenvalue weighted by atomic mass is 35.5. The number of hydroxylamine groups is 1. The summed E-state index contributed by atoms with van der Waals surface area (Å²) in [7, 11) is 0. The number of fused-ring (bicyclic) bond motifs is 6. The molecule has 7 fully saturated rings. The van der Waals surface area contributed by atoms with Crippen LogP contribution in [0.15, 0.2) is 46.5 Å². The van der Waals surface area contributed by atoms with Crippen molar-refractivity contribution in [2.24, 2.45) is 27.7 Å². The maximum absolute atomic E-state index is 13.3. The third-order valence-corrected chi connectivity index (χ3v) is 12.2. The Morgan fingerprint density at radius 2 is 1.45 bits per heavy atom. The Bertz CT molecular complexity index is 1850. The molecule has 4 aromatic rings. The number of rotatable bonds is 1. The zero-order valence-electron chi connectivity index (χ0n) is 25.6. The second kappa shape index (κ2) is 12.5. The van der Waals surface area contributed by atoms with E-state index in [0.717, 1.165) is 52.2 Å². The van der Waals surface area contributed by atoms with Crippen LogP contribution in [0.5, 0.6) is 0 Å². The molecule has 10 nitrogen and oxygen atoms in total. The Morgan fingerprint density at radius 3 is 2.02 bits per heavy atom. The zero-order valence-corrected chi connectivity index (χ0v) is 28.0. The number of aliphatic imine (C=N–C) groups is 1. The number of hydrogen-bond donors (Lipinski definition) is 2. The summed E-state index contributed by atoms with van der Waals surface area (Å²) in [4.78, 5) is 29.5. The highest BCUT2D eigenvalue weighted by Gasteiger charge is 2.53. The van der Waals surface area contributed by atoms with Crippen molar-refractivity contribution in [1.29, 1.82) is 0 Å². The lowest BCUT2D eigenvalue weighted by molar-refractivity contribution is -0.150. The van der Waals surface area contributed by atoms with Crippen molar-refractivity contribution in [2.75, 3.05) is 39.3 Å². The largest absolute Gasteiger partial charge is 0.386 e. The van der Waals surface area contributed by atoms with Gasteiger partial charge in [-0.05, 0) is 94.2 Å². The van der Waals surface area contributed by atoms with Gasteiger partial charge in [-0.15, -0.1) is 11.3 Å². The van der Waals surface area contributed by atoms with E-state index in [1.807, 2.05) is 0 Å². The van der Waals surface area contributed by atoms with Crippen LogP contribution in [-0.2, 0) is 9.68 Å². The van der Waals surface area contributed by atoms with Crippen molar-refractivity contribution in [2.45, 2.75) is 49.7 Å². The van der Waals surface area contributed by atoms with Crippen LogP contribution in [0.4, 0.5) is 13.9 Å². The lowest BCUT2D eigenvalue weighted by Crippen LogP contribution is -2.59. The topological polar surface area (TPSA) is 113 Å². The summed E-state index contributed by atoms with van der Waals surface area (Å²) in [6.45, 7) is 6.85. The Hall–Kier alpha value is -3.01. The van der Waals surface area contributed by atoms with E-state index in [1.54, 1.807) is 12.1 Å². The number of amidine groups is 2. The normalized spacial score (nSPS) is 32.7. The number of aromatic nitrogens is 2. The van der Waals surface area contributed by atoms with Crippen molar-refractivity contribution in [3.05, 3.63) is 52.5 Å². The van der Waals surface area contributed by atoms with Gasteiger partial charge in [-0.2, -0.15) is 0 Å². The summed E-state index contributed by atoms with van der Waals surface area (Å²) in [5.74, 6) is 2.30. The van der Waals surface area contributed by atoms with E-state index >= 15 is 0 Å². The molecule has 0 aliphatic carbocycles. The van der Waals surface area contributed by atoms with E-state index in [0.29, 0.717) is 27.3 Å². The van der Waals surface area contributed by atoms with Gasteiger partial charge in [0.1, 0.15) is 28.9 Å². The van der Waals surface area contributed by atoms with E-state index < -0.39 is 0 Å². The number of benzene rings is 2. The molecular weight excluding hydrogens is 666 g/mol. The van der Waals surface area contributed by atoms with Crippen LogP contribution < -0.4 is 11.2 Å². The predicted octanol–water partition coefficient (Wildman–Crippen LogP) is 6.09. The molecule has 3 N–H and O–H groups in total. The SMILES string of the molecule is Fc1ccc2nc(Cl)sc2c1.Fc1ccc2nc(N=C3CC4(CN5CCC4CC5)ON3)sc2c1.NC1=NOC2(C1)CN1CCC2CC1. The third-order valence-electron chi connectivity index (χ3n) is 10.2. The van der Waals surface area contributed by atoms with Crippen LogP contribution in [0.3, 0.4) is 0 Å². The molecule has 2 spiro atoms. The molecule has 2 unspecified atom stereocenters. The van der Waals surface area contributed by atoms with Gasteiger partial charge in [-0.1, -0.05) is 28.1 Å². The van der Waals surface area contributed by atoms with Crippen LogP contribution in [0, 0.1) is 23.5 Å². The average molecular weight is 701 g/mol. The van der Waals surface area contributed by atoms with Crippen LogP contribution >= 0.6 is 34.3 Å². The van der Waals surface area contributed by atoms with E-state index in [4.69, 9.17) is 27.0 Å². The van der Waals surface area contributed by atoms with Gasteiger partial charge in [0.05, 0.1) is 26.9 Å². The maximum Gasteiger partial charge on any atom is 0.211 e. The molecular formula is C32H35ClF2N8O2S2. The van der Waals surface area contributed by atoms with E-state index in [2.05, 4.69) is 35.4 Å². The highest BCUT2D eigenvalue weighted by Crippen LogP contribution is 2.44. The maximum atomic E-state index is 13.3. The smallest absolute Gasteiger partial charge is 0.211 e. The quantitative estimate of drug-likeness (QED) is 0.246. The second-order valence-electron chi connectivity index (χ2n) is 13.2. The molecule has 2 aromatic heterocycles. The first-order valence-electron chi connectivity index (χ1n) is 16.0. The van der Waals surface area contributed by atoms with Crippen molar-refractivity contribution in [1.82, 2.24) is 25.2 Å².